The summed E-state index contributed by atoms with van der Waals surface area (Å²) in [6, 6.07) is 7.59. The molecule has 1 aromatic carbocycles. The van der Waals surface area contributed by atoms with Crippen molar-refractivity contribution in [3.63, 3.8) is 0 Å². The Kier molecular flexibility index (Phi) is 2.78. The normalized spacial score (nSPS) is 14.0. The summed E-state index contributed by atoms with van der Waals surface area (Å²) < 4.78 is 0. The molecule has 0 heterocycles. The van der Waals surface area contributed by atoms with Crippen LogP contribution in [-0.4, -0.2) is 12.1 Å². The first-order chi connectivity index (χ1) is 7.70. The van der Waals surface area contributed by atoms with Crippen LogP contribution in [0.2, 0.25) is 0 Å². The Morgan fingerprint density at radius 3 is 2.88 bits per heavy atom. The first kappa shape index (κ1) is 10.5. The highest BCUT2D eigenvalue weighted by Crippen LogP contribution is 2.20. The summed E-state index contributed by atoms with van der Waals surface area (Å²) in [7, 11) is 0. The monoisotopic (exact) mass is 215 g/mol. The van der Waals surface area contributed by atoms with Gasteiger partial charge in [-0.25, -0.2) is 4.79 Å². The van der Waals surface area contributed by atoms with Gasteiger partial charge in [0.25, 0.3) is 0 Å². The van der Waals surface area contributed by atoms with E-state index in [0.29, 0.717) is 17.3 Å². The van der Waals surface area contributed by atoms with E-state index < -0.39 is 0 Å². The second-order valence-electron chi connectivity index (χ2n) is 3.98. The van der Waals surface area contributed by atoms with Crippen molar-refractivity contribution in [1.82, 2.24) is 5.32 Å². The number of carbonyl (C=O) groups excluding carboxylic acids is 1. The third-order valence-corrected chi connectivity index (χ3v) is 2.55. The number of benzene rings is 1. The molecular formula is C12H13N3O. The molecule has 2 amide bonds. The van der Waals surface area contributed by atoms with Crippen molar-refractivity contribution in [2.45, 2.75) is 25.8 Å². The van der Waals surface area contributed by atoms with Crippen LogP contribution in [0.15, 0.2) is 18.2 Å². The third kappa shape index (κ3) is 2.31. The third-order valence-electron chi connectivity index (χ3n) is 2.55. The number of rotatable bonds is 2. The summed E-state index contributed by atoms with van der Waals surface area (Å²) >= 11 is 0. The van der Waals surface area contributed by atoms with E-state index in [9.17, 15) is 4.79 Å². The van der Waals surface area contributed by atoms with Crippen LogP contribution in [0.4, 0.5) is 10.5 Å². The summed E-state index contributed by atoms with van der Waals surface area (Å²) in [5, 5.41) is 14.5. The number of carbonyl (C=O) groups is 1. The quantitative estimate of drug-likeness (QED) is 0.793. The lowest BCUT2D eigenvalue weighted by molar-refractivity contribution is 0.251. The zero-order valence-electron chi connectivity index (χ0n) is 9.08. The van der Waals surface area contributed by atoms with E-state index in [1.54, 1.807) is 6.07 Å². The van der Waals surface area contributed by atoms with Crippen molar-refractivity contribution in [2.75, 3.05) is 5.32 Å². The molecule has 4 heteroatoms. The van der Waals surface area contributed by atoms with Crippen LogP contribution in [0.5, 0.6) is 0 Å². The Bertz CT molecular complexity index is 458. The Labute approximate surface area is 94.3 Å². The summed E-state index contributed by atoms with van der Waals surface area (Å²) in [6.45, 7) is 1.85. The number of nitrogens with zero attached hydrogens (tertiary/aromatic N) is 1. The van der Waals surface area contributed by atoms with Crippen LogP contribution in [-0.2, 0) is 0 Å². The second kappa shape index (κ2) is 4.23. The highest BCUT2D eigenvalue weighted by molar-refractivity contribution is 5.91. The molecule has 2 rings (SSSR count). The predicted octanol–water partition coefficient (Wildman–Crippen LogP) is 2.15. The molecule has 0 spiro atoms. The molecule has 0 radical (unpaired) electrons. The van der Waals surface area contributed by atoms with Gasteiger partial charge in [-0.1, -0.05) is 12.1 Å². The maximum absolute atomic E-state index is 11.5. The molecule has 2 N–H and O–H groups in total. The maximum Gasteiger partial charge on any atom is 0.319 e. The molecule has 1 fully saturated rings. The van der Waals surface area contributed by atoms with Gasteiger partial charge in [0.15, 0.2) is 0 Å². The Balaban J connectivity index is 2.11. The molecule has 0 aliphatic heterocycles. The van der Waals surface area contributed by atoms with Gasteiger partial charge < -0.3 is 10.6 Å². The first-order valence-corrected chi connectivity index (χ1v) is 5.28. The number of hydrogen-bond acceptors (Lipinski definition) is 2. The SMILES string of the molecule is Cc1cccc(NC(=O)NC2CC2)c1C#N. The van der Waals surface area contributed by atoms with Gasteiger partial charge in [-0.2, -0.15) is 5.26 Å². The van der Waals surface area contributed by atoms with Crippen LogP contribution >= 0.6 is 0 Å². The summed E-state index contributed by atoms with van der Waals surface area (Å²) in [5.41, 5.74) is 1.96. The average molecular weight is 215 g/mol. The molecule has 1 saturated carbocycles. The minimum atomic E-state index is -0.232. The highest BCUT2D eigenvalue weighted by atomic mass is 16.2. The molecule has 1 aliphatic carbocycles. The van der Waals surface area contributed by atoms with Crippen LogP contribution in [0, 0.1) is 18.3 Å². The van der Waals surface area contributed by atoms with Gasteiger partial charge in [0.1, 0.15) is 6.07 Å². The van der Waals surface area contributed by atoms with Crippen molar-refractivity contribution in [3.8, 4) is 6.07 Å². The lowest BCUT2D eigenvalue weighted by Crippen LogP contribution is -2.30. The van der Waals surface area contributed by atoms with Crippen LogP contribution in [0.3, 0.4) is 0 Å². The molecule has 0 atom stereocenters. The molecule has 1 aliphatic rings. The zero-order chi connectivity index (χ0) is 11.5. The Morgan fingerprint density at radius 2 is 2.25 bits per heavy atom. The smallest absolute Gasteiger partial charge is 0.319 e. The number of urea groups is 1. The minimum Gasteiger partial charge on any atom is -0.335 e. The van der Waals surface area contributed by atoms with Gasteiger partial charge in [-0.05, 0) is 31.4 Å². The van der Waals surface area contributed by atoms with Gasteiger partial charge in [0.2, 0.25) is 0 Å². The summed E-state index contributed by atoms with van der Waals surface area (Å²) in [4.78, 5) is 11.5. The largest absolute Gasteiger partial charge is 0.335 e. The number of hydrogen-bond donors (Lipinski definition) is 2. The maximum atomic E-state index is 11.5. The molecule has 16 heavy (non-hydrogen) atoms. The predicted molar refractivity (Wildman–Crippen MR) is 61.1 cm³/mol. The van der Waals surface area contributed by atoms with E-state index in [1.807, 2.05) is 19.1 Å². The molecule has 0 saturated heterocycles. The topological polar surface area (TPSA) is 64.9 Å². The zero-order valence-corrected chi connectivity index (χ0v) is 9.08. The lowest BCUT2D eigenvalue weighted by Gasteiger charge is -2.09. The van der Waals surface area contributed by atoms with Crippen molar-refractivity contribution in [3.05, 3.63) is 29.3 Å². The molecule has 0 bridgehead atoms. The standard InChI is InChI=1S/C12H13N3O/c1-8-3-2-4-11(10(8)7-13)15-12(16)14-9-5-6-9/h2-4,9H,5-6H2,1H3,(H2,14,15,16). The Hall–Kier alpha value is -2.02. The molecule has 1 aromatic rings. The van der Waals surface area contributed by atoms with Gasteiger partial charge in [-0.3, -0.25) is 0 Å². The van der Waals surface area contributed by atoms with E-state index in [4.69, 9.17) is 5.26 Å². The fourth-order valence-corrected chi connectivity index (χ4v) is 1.49. The van der Waals surface area contributed by atoms with E-state index in [1.165, 1.54) is 0 Å². The fourth-order valence-electron chi connectivity index (χ4n) is 1.49. The van der Waals surface area contributed by atoms with Crippen molar-refractivity contribution in [1.29, 1.82) is 5.26 Å². The van der Waals surface area contributed by atoms with Crippen LogP contribution in [0.1, 0.15) is 24.0 Å². The number of amides is 2. The van der Waals surface area contributed by atoms with E-state index in [-0.39, 0.29) is 6.03 Å². The van der Waals surface area contributed by atoms with E-state index in [0.717, 1.165) is 18.4 Å². The lowest BCUT2D eigenvalue weighted by atomic mass is 10.1. The molecule has 0 aromatic heterocycles. The number of nitrogens with one attached hydrogen (secondary N) is 2. The first-order valence-electron chi connectivity index (χ1n) is 5.28. The summed E-state index contributed by atoms with van der Waals surface area (Å²) in [5.74, 6) is 0. The molecular weight excluding hydrogens is 202 g/mol. The molecule has 82 valence electrons. The van der Waals surface area contributed by atoms with Crippen LogP contribution in [0.25, 0.3) is 0 Å². The number of anilines is 1. The second-order valence-corrected chi connectivity index (χ2v) is 3.98. The van der Waals surface area contributed by atoms with E-state index >= 15 is 0 Å². The van der Waals surface area contributed by atoms with Gasteiger partial charge in [-0.15, -0.1) is 0 Å². The van der Waals surface area contributed by atoms with Gasteiger partial charge >= 0.3 is 6.03 Å². The van der Waals surface area contributed by atoms with Crippen molar-refractivity contribution < 1.29 is 4.79 Å². The van der Waals surface area contributed by atoms with Crippen LogP contribution < -0.4 is 10.6 Å². The van der Waals surface area contributed by atoms with Crippen molar-refractivity contribution >= 4 is 11.7 Å². The van der Waals surface area contributed by atoms with Gasteiger partial charge in [0, 0.05) is 6.04 Å². The fraction of sp³-hybridized carbons (Fsp3) is 0.333. The van der Waals surface area contributed by atoms with Crippen molar-refractivity contribution in [2.24, 2.45) is 0 Å². The van der Waals surface area contributed by atoms with Gasteiger partial charge in [0.05, 0.1) is 11.3 Å². The highest BCUT2D eigenvalue weighted by Gasteiger charge is 2.23. The van der Waals surface area contributed by atoms with E-state index in [2.05, 4.69) is 16.7 Å². The number of aryl methyl sites for hydroxylation is 1. The number of nitriles is 1. The Morgan fingerprint density at radius 1 is 1.50 bits per heavy atom. The average Bonchev–Trinajstić information content (AvgIpc) is 3.02. The molecule has 4 nitrogen and oxygen atoms in total. The molecule has 0 unspecified atom stereocenters. The summed E-state index contributed by atoms with van der Waals surface area (Å²) in [6.07, 6.45) is 2.10. The minimum absolute atomic E-state index is 0.232.